The van der Waals surface area contributed by atoms with E-state index in [9.17, 15) is 9.59 Å². The van der Waals surface area contributed by atoms with E-state index in [1.807, 2.05) is 36.4 Å². The van der Waals surface area contributed by atoms with Crippen LogP contribution in [0.2, 0.25) is 0 Å². The van der Waals surface area contributed by atoms with Crippen LogP contribution in [-0.4, -0.2) is 45.4 Å². The minimum absolute atomic E-state index is 0.241. The number of carbonyl (C=O) groups excluding carboxylic acids is 2. The van der Waals surface area contributed by atoms with Gasteiger partial charge >= 0.3 is 0 Å². The van der Waals surface area contributed by atoms with Gasteiger partial charge < -0.3 is 19.5 Å². The smallest absolute Gasteiger partial charge is 0.259 e. The lowest BCUT2D eigenvalue weighted by atomic mass is 10.1. The maximum absolute atomic E-state index is 12.4. The first-order valence-electron chi connectivity index (χ1n) is 9.13. The van der Waals surface area contributed by atoms with Gasteiger partial charge in [-0.1, -0.05) is 36.4 Å². The van der Waals surface area contributed by atoms with Gasteiger partial charge in [-0.25, -0.2) is 5.43 Å². The third-order valence-corrected chi connectivity index (χ3v) is 4.01. The lowest BCUT2D eigenvalue weighted by Gasteiger charge is -2.14. The number of nitrogens with one attached hydrogen (secondary N) is 2. The van der Waals surface area contributed by atoms with Crippen molar-refractivity contribution in [3.05, 3.63) is 59.7 Å². The molecule has 0 heterocycles. The molecule has 0 aliphatic heterocycles. The highest BCUT2D eigenvalue weighted by Crippen LogP contribution is 2.38. The summed E-state index contributed by atoms with van der Waals surface area (Å²) in [7, 11) is 4.39. The Labute approximate surface area is 175 Å². The average molecular weight is 411 g/mol. The molecule has 0 spiro atoms. The van der Waals surface area contributed by atoms with Crippen molar-refractivity contribution in [2.24, 2.45) is 5.10 Å². The van der Waals surface area contributed by atoms with Gasteiger partial charge in [0.05, 0.1) is 33.6 Å². The first-order chi connectivity index (χ1) is 14.5. The largest absolute Gasteiger partial charge is 0.493 e. The Bertz CT molecular complexity index is 914. The molecule has 0 saturated heterocycles. The van der Waals surface area contributed by atoms with Gasteiger partial charge in [-0.15, -0.1) is 0 Å². The van der Waals surface area contributed by atoms with Crippen LogP contribution in [0.4, 0.5) is 0 Å². The summed E-state index contributed by atoms with van der Waals surface area (Å²) in [6, 6.07) is 12.7. The zero-order valence-corrected chi connectivity index (χ0v) is 17.4. The minimum Gasteiger partial charge on any atom is -0.493 e. The normalized spacial score (nSPS) is 11.1. The second-order valence-corrected chi connectivity index (χ2v) is 6.13. The summed E-state index contributed by atoms with van der Waals surface area (Å²) in [5, 5.41) is 6.52. The fourth-order valence-electron chi connectivity index (χ4n) is 2.48. The van der Waals surface area contributed by atoms with Gasteiger partial charge in [0.1, 0.15) is 0 Å². The fourth-order valence-corrected chi connectivity index (χ4v) is 2.48. The molecule has 0 bridgehead atoms. The number of methoxy groups -OCH3 is 3. The molecule has 0 aromatic heterocycles. The number of hydrazone groups is 1. The molecule has 2 amide bonds. The molecule has 8 heteroatoms. The topological polar surface area (TPSA) is 98.2 Å². The zero-order chi connectivity index (χ0) is 21.9. The summed E-state index contributed by atoms with van der Waals surface area (Å²) in [4.78, 5) is 24.4. The van der Waals surface area contributed by atoms with Crippen molar-refractivity contribution < 1.29 is 23.8 Å². The molecule has 30 heavy (non-hydrogen) atoms. The molecule has 2 aromatic carbocycles. The van der Waals surface area contributed by atoms with E-state index < -0.39 is 11.8 Å². The third kappa shape index (κ3) is 6.37. The maximum Gasteiger partial charge on any atom is 0.259 e. The van der Waals surface area contributed by atoms with Crippen LogP contribution in [0.5, 0.6) is 17.2 Å². The molecule has 0 unspecified atom stereocenters. The highest BCUT2D eigenvalue weighted by Gasteiger charge is 2.17. The summed E-state index contributed by atoms with van der Waals surface area (Å²) in [6.07, 6.45) is 3.67. The quantitative estimate of drug-likeness (QED) is 0.488. The van der Waals surface area contributed by atoms with E-state index in [0.717, 1.165) is 5.56 Å². The summed E-state index contributed by atoms with van der Waals surface area (Å²) >= 11 is 0. The van der Waals surface area contributed by atoms with Crippen molar-refractivity contribution >= 4 is 23.6 Å². The Balaban J connectivity index is 1.93. The van der Waals surface area contributed by atoms with E-state index >= 15 is 0 Å². The van der Waals surface area contributed by atoms with Crippen molar-refractivity contribution in [3.8, 4) is 17.2 Å². The highest BCUT2D eigenvalue weighted by atomic mass is 16.5. The first kappa shape index (κ1) is 22.5. The molecule has 8 nitrogen and oxygen atoms in total. The maximum atomic E-state index is 12.4. The third-order valence-electron chi connectivity index (χ3n) is 4.01. The monoisotopic (exact) mass is 411 g/mol. The SMILES string of the molecule is COc1cc(C(=O)NCC(=O)N/N=C(C)\C=C\c2ccccc2)cc(OC)c1OC. The van der Waals surface area contributed by atoms with Crippen molar-refractivity contribution in [2.45, 2.75) is 6.92 Å². The van der Waals surface area contributed by atoms with Gasteiger partial charge in [-0.05, 0) is 30.7 Å². The lowest BCUT2D eigenvalue weighted by Crippen LogP contribution is -2.35. The molecular formula is C22H25N3O5. The van der Waals surface area contributed by atoms with E-state index in [-0.39, 0.29) is 12.1 Å². The molecule has 0 atom stereocenters. The van der Waals surface area contributed by atoms with Crippen molar-refractivity contribution in [3.63, 3.8) is 0 Å². The first-order valence-corrected chi connectivity index (χ1v) is 9.13. The van der Waals surface area contributed by atoms with Crippen LogP contribution < -0.4 is 25.0 Å². The number of ether oxygens (including phenoxy) is 3. The van der Waals surface area contributed by atoms with Crippen molar-refractivity contribution in [2.75, 3.05) is 27.9 Å². The molecule has 0 radical (unpaired) electrons. The number of carbonyl (C=O) groups is 2. The van der Waals surface area contributed by atoms with Crippen LogP contribution in [0.1, 0.15) is 22.8 Å². The molecule has 0 aliphatic carbocycles. The van der Waals surface area contributed by atoms with E-state index in [2.05, 4.69) is 15.8 Å². The van der Waals surface area contributed by atoms with Crippen LogP contribution >= 0.6 is 0 Å². The average Bonchev–Trinajstić information content (AvgIpc) is 2.79. The number of benzene rings is 2. The molecular weight excluding hydrogens is 386 g/mol. The lowest BCUT2D eigenvalue weighted by molar-refractivity contribution is -0.120. The number of nitrogens with zero attached hydrogens (tertiary/aromatic N) is 1. The van der Waals surface area contributed by atoms with E-state index in [1.165, 1.54) is 33.5 Å². The van der Waals surface area contributed by atoms with Gasteiger partial charge in [-0.2, -0.15) is 5.10 Å². The summed E-state index contributed by atoms with van der Waals surface area (Å²) in [5.74, 6) is 0.147. The van der Waals surface area contributed by atoms with E-state index in [0.29, 0.717) is 23.0 Å². The Morgan fingerprint density at radius 1 is 1.00 bits per heavy atom. The van der Waals surface area contributed by atoms with Gasteiger partial charge in [0.2, 0.25) is 5.75 Å². The van der Waals surface area contributed by atoms with E-state index in [1.54, 1.807) is 13.0 Å². The summed E-state index contributed by atoms with van der Waals surface area (Å²) in [5.41, 5.74) is 4.31. The number of amides is 2. The Morgan fingerprint density at radius 2 is 1.63 bits per heavy atom. The molecule has 2 rings (SSSR count). The molecule has 0 fully saturated rings. The molecule has 0 aliphatic rings. The molecule has 2 N–H and O–H groups in total. The number of hydrogen-bond donors (Lipinski definition) is 2. The molecule has 2 aromatic rings. The zero-order valence-electron chi connectivity index (χ0n) is 17.4. The number of rotatable bonds is 9. The van der Waals surface area contributed by atoms with Gasteiger partial charge in [0.15, 0.2) is 11.5 Å². The van der Waals surface area contributed by atoms with Crippen molar-refractivity contribution in [1.29, 1.82) is 0 Å². The standard InChI is InChI=1S/C22H25N3O5/c1-15(10-11-16-8-6-5-7-9-16)24-25-20(26)14-23-22(27)17-12-18(28-2)21(30-4)19(13-17)29-3/h5-13H,14H2,1-4H3,(H,23,27)(H,25,26)/b11-10+,24-15-. The van der Waals surface area contributed by atoms with Crippen LogP contribution in [-0.2, 0) is 4.79 Å². The highest BCUT2D eigenvalue weighted by molar-refractivity contribution is 5.99. The van der Waals surface area contributed by atoms with E-state index in [4.69, 9.17) is 14.2 Å². The minimum atomic E-state index is -0.464. The number of hydrogen-bond acceptors (Lipinski definition) is 6. The van der Waals surface area contributed by atoms with Gasteiger partial charge in [0, 0.05) is 5.56 Å². The fraction of sp³-hybridized carbons (Fsp3) is 0.227. The number of allylic oxidation sites excluding steroid dienone is 1. The van der Waals surface area contributed by atoms with Crippen LogP contribution in [0.15, 0.2) is 53.6 Å². The Morgan fingerprint density at radius 3 is 2.20 bits per heavy atom. The Hall–Kier alpha value is -3.81. The Kier molecular flexibility index (Phi) is 8.43. The van der Waals surface area contributed by atoms with Crippen LogP contribution in [0.3, 0.4) is 0 Å². The van der Waals surface area contributed by atoms with Gasteiger partial charge in [0.25, 0.3) is 11.8 Å². The molecule has 0 saturated carbocycles. The van der Waals surface area contributed by atoms with Crippen molar-refractivity contribution in [1.82, 2.24) is 10.7 Å². The second-order valence-electron chi connectivity index (χ2n) is 6.13. The molecule has 158 valence electrons. The second kappa shape index (κ2) is 11.3. The van der Waals surface area contributed by atoms with Crippen LogP contribution in [0, 0.1) is 0 Å². The summed E-state index contributed by atoms with van der Waals surface area (Å²) in [6.45, 7) is 1.52. The predicted molar refractivity (Wildman–Crippen MR) is 115 cm³/mol. The predicted octanol–water partition coefficient (Wildman–Crippen LogP) is 2.65. The van der Waals surface area contributed by atoms with Crippen LogP contribution in [0.25, 0.3) is 6.08 Å². The van der Waals surface area contributed by atoms with Gasteiger partial charge in [-0.3, -0.25) is 9.59 Å². The summed E-state index contributed by atoms with van der Waals surface area (Å²) < 4.78 is 15.7.